The van der Waals surface area contributed by atoms with Gasteiger partial charge in [0.05, 0.1) is 6.20 Å². The molecule has 2 heterocycles. The second kappa shape index (κ2) is 4.47. The fraction of sp³-hybridized carbons (Fsp3) is 0.571. The Labute approximate surface area is 112 Å². The molecule has 0 bridgehead atoms. The van der Waals surface area contributed by atoms with E-state index in [0.29, 0.717) is 23.1 Å². The molecule has 1 unspecified atom stereocenters. The van der Waals surface area contributed by atoms with Gasteiger partial charge in [0.1, 0.15) is 5.82 Å². The molecule has 1 fully saturated rings. The predicted molar refractivity (Wildman–Crippen MR) is 72.6 cm³/mol. The maximum Gasteiger partial charge on any atom is 0.243 e. The first-order chi connectivity index (χ1) is 9.02. The zero-order valence-electron chi connectivity index (χ0n) is 11.4. The molecule has 0 aliphatic heterocycles. The molecule has 2 aromatic rings. The molecule has 0 saturated heterocycles. The molecule has 4 nitrogen and oxygen atoms in total. The monoisotopic (exact) mass is 262 g/mol. The molecule has 19 heavy (non-hydrogen) atoms. The van der Waals surface area contributed by atoms with Gasteiger partial charge in [0.15, 0.2) is 5.65 Å². The first-order valence-electron chi connectivity index (χ1n) is 6.80. The van der Waals surface area contributed by atoms with E-state index in [1.165, 1.54) is 29.6 Å². The average Bonchev–Trinajstić information content (AvgIpc) is 2.68. The lowest BCUT2D eigenvalue weighted by atomic mass is 9.75. The lowest BCUT2D eigenvalue weighted by Crippen LogP contribution is -2.32. The van der Waals surface area contributed by atoms with Crippen LogP contribution in [0.3, 0.4) is 0 Å². The number of nitrogens with one attached hydrogen (secondary N) is 1. The number of halogens is 1. The lowest BCUT2D eigenvalue weighted by molar-refractivity contribution is 0.229. The summed E-state index contributed by atoms with van der Waals surface area (Å²) < 4.78 is 14.6. The standard InChI is InChI=1S/C14H19FN4/c1-14(2)7-3-4-11(8-14)16-13-17-12-6-5-10(15)9-19(12)18-13/h5-6,9,11H,3-4,7-8H2,1-2H3,(H,16,18). The van der Waals surface area contributed by atoms with Crippen LogP contribution in [0.2, 0.25) is 0 Å². The third-order valence-electron chi connectivity index (χ3n) is 3.83. The minimum Gasteiger partial charge on any atom is -0.350 e. The van der Waals surface area contributed by atoms with Gasteiger partial charge in [0.2, 0.25) is 5.95 Å². The fourth-order valence-electron chi connectivity index (χ4n) is 2.92. The molecule has 0 spiro atoms. The van der Waals surface area contributed by atoms with Crippen LogP contribution in [0.25, 0.3) is 5.65 Å². The predicted octanol–water partition coefficient (Wildman–Crippen LogP) is 3.25. The Bertz CT molecular complexity index is 590. The molecule has 0 radical (unpaired) electrons. The number of aromatic nitrogens is 3. The third kappa shape index (κ3) is 2.69. The highest BCUT2D eigenvalue weighted by molar-refractivity contribution is 5.43. The molecule has 102 valence electrons. The Morgan fingerprint density at radius 3 is 3.05 bits per heavy atom. The van der Waals surface area contributed by atoms with Gasteiger partial charge in [0, 0.05) is 6.04 Å². The Morgan fingerprint density at radius 2 is 2.26 bits per heavy atom. The second-order valence-corrected chi connectivity index (χ2v) is 6.19. The second-order valence-electron chi connectivity index (χ2n) is 6.19. The Kier molecular flexibility index (Phi) is 2.92. The zero-order chi connectivity index (χ0) is 13.5. The van der Waals surface area contributed by atoms with E-state index < -0.39 is 0 Å². The molecular weight excluding hydrogens is 243 g/mol. The van der Waals surface area contributed by atoms with Crippen LogP contribution in [0.5, 0.6) is 0 Å². The molecule has 1 N–H and O–H groups in total. The quantitative estimate of drug-likeness (QED) is 0.903. The number of hydrogen-bond acceptors (Lipinski definition) is 3. The van der Waals surface area contributed by atoms with Crippen molar-refractivity contribution in [1.29, 1.82) is 0 Å². The summed E-state index contributed by atoms with van der Waals surface area (Å²) in [7, 11) is 0. The van der Waals surface area contributed by atoms with Gasteiger partial charge in [-0.05, 0) is 36.8 Å². The summed E-state index contributed by atoms with van der Waals surface area (Å²) in [6.45, 7) is 4.60. The van der Waals surface area contributed by atoms with E-state index in [9.17, 15) is 4.39 Å². The van der Waals surface area contributed by atoms with Crippen molar-refractivity contribution in [3.8, 4) is 0 Å². The molecule has 1 saturated carbocycles. The van der Waals surface area contributed by atoms with Crippen LogP contribution in [0.15, 0.2) is 18.3 Å². The van der Waals surface area contributed by atoms with Crippen LogP contribution in [-0.2, 0) is 0 Å². The summed E-state index contributed by atoms with van der Waals surface area (Å²) in [6, 6.07) is 3.45. The highest BCUT2D eigenvalue weighted by Crippen LogP contribution is 2.36. The largest absolute Gasteiger partial charge is 0.350 e. The SMILES string of the molecule is CC1(C)CCCC(Nc2nc3ccc(F)cn3n2)C1. The van der Waals surface area contributed by atoms with Gasteiger partial charge < -0.3 is 5.32 Å². The van der Waals surface area contributed by atoms with Crippen LogP contribution in [-0.4, -0.2) is 20.6 Å². The third-order valence-corrected chi connectivity index (χ3v) is 3.83. The van der Waals surface area contributed by atoms with Gasteiger partial charge in [-0.3, -0.25) is 0 Å². The summed E-state index contributed by atoms with van der Waals surface area (Å²) in [5, 5.41) is 7.65. The molecule has 2 aromatic heterocycles. The molecular formula is C14H19FN4. The summed E-state index contributed by atoms with van der Waals surface area (Å²) in [5.74, 6) is 0.288. The number of nitrogens with zero attached hydrogens (tertiary/aromatic N) is 3. The number of rotatable bonds is 2. The summed E-state index contributed by atoms with van der Waals surface area (Å²) in [5.41, 5.74) is 1.04. The minimum absolute atomic E-state index is 0.303. The molecule has 0 aromatic carbocycles. The van der Waals surface area contributed by atoms with Gasteiger partial charge in [-0.25, -0.2) is 8.91 Å². The van der Waals surface area contributed by atoms with Crippen molar-refractivity contribution in [3.05, 3.63) is 24.1 Å². The molecule has 5 heteroatoms. The number of pyridine rings is 1. The maximum absolute atomic E-state index is 13.1. The van der Waals surface area contributed by atoms with E-state index in [1.54, 1.807) is 6.07 Å². The van der Waals surface area contributed by atoms with Crippen LogP contribution in [0.4, 0.5) is 10.3 Å². The van der Waals surface area contributed by atoms with Gasteiger partial charge in [0.25, 0.3) is 0 Å². The Morgan fingerprint density at radius 1 is 1.42 bits per heavy atom. The van der Waals surface area contributed by atoms with Crippen molar-refractivity contribution < 1.29 is 4.39 Å². The lowest BCUT2D eigenvalue weighted by Gasteiger charge is -2.35. The van der Waals surface area contributed by atoms with Crippen LogP contribution < -0.4 is 5.32 Å². The Balaban J connectivity index is 1.77. The summed E-state index contributed by atoms with van der Waals surface area (Å²) >= 11 is 0. The highest BCUT2D eigenvalue weighted by Gasteiger charge is 2.28. The smallest absolute Gasteiger partial charge is 0.243 e. The molecule has 1 atom stereocenters. The van der Waals surface area contributed by atoms with Crippen molar-refractivity contribution in [2.24, 2.45) is 5.41 Å². The Hall–Kier alpha value is -1.65. The van der Waals surface area contributed by atoms with Crippen molar-refractivity contribution in [2.45, 2.75) is 45.6 Å². The number of hydrogen-bond donors (Lipinski definition) is 1. The van der Waals surface area contributed by atoms with Gasteiger partial charge >= 0.3 is 0 Å². The summed E-state index contributed by atoms with van der Waals surface area (Å²) in [6.07, 6.45) is 6.12. The van der Waals surface area contributed by atoms with Crippen molar-refractivity contribution >= 4 is 11.6 Å². The van der Waals surface area contributed by atoms with Crippen LogP contribution in [0, 0.1) is 11.2 Å². The van der Waals surface area contributed by atoms with E-state index in [0.717, 1.165) is 12.8 Å². The van der Waals surface area contributed by atoms with Crippen LogP contribution >= 0.6 is 0 Å². The maximum atomic E-state index is 13.1. The van der Waals surface area contributed by atoms with E-state index in [-0.39, 0.29) is 5.82 Å². The first kappa shape index (κ1) is 12.4. The van der Waals surface area contributed by atoms with Crippen molar-refractivity contribution in [3.63, 3.8) is 0 Å². The normalized spacial score (nSPS) is 22.6. The number of fused-ring (bicyclic) bond motifs is 1. The van der Waals surface area contributed by atoms with Crippen molar-refractivity contribution in [2.75, 3.05) is 5.32 Å². The molecule has 3 rings (SSSR count). The summed E-state index contributed by atoms with van der Waals surface area (Å²) in [4.78, 5) is 4.37. The molecule has 1 aliphatic rings. The van der Waals surface area contributed by atoms with E-state index in [4.69, 9.17) is 0 Å². The molecule has 0 amide bonds. The van der Waals surface area contributed by atoms with E-state index >= 15 is 0 Å². The van der Waals surface area contributed by atoms with E-state index in [1.807, 2.05) is 0 Å². The van der Waals surface area contributed by atoms with Crippen LogP contribution in [0.1, 0.15) is 39.5 Å². The minimum atomic E-state index is -0.303. The fourth-order valence-corrected chi connectivity index (χ4v) is 2.92. The van der Waals surface area contributed by atoms with E-state index in [2.05, 4.69) is 29.2 Å². The molecule has 1 aliphatic carbocycles. The topological polar surface area (TPSA) is 42.2 Å². The first-order valence-corrected chi connectivity index (χ1v) is 6.80. The average molecular weight is 262 g/mol. The van der Waals surface area contributed by atoms with Gasteiger partial charge in [-0.15, -0.1) is 5.10 Å². The number of anilines is 1. The van der Waals surface area contributed by atoms with Gasteiger partial charge in [-0.1, -0.05) is 20.3 Å². The highest BCUT2D eigenvalue weighted by atomic mass is 19.1. The zero-order valence-corrected chi connectivity index (χ0v) is 11.4. The van der Waals surface area contributed by atoms with Crippen molar-refractivity contribution in [1.82, 2.24) is 14.6 Å². The van der Waals surface area contributed by atoms with Gasteiger partial charge in [-0.2, -0.15) is 4.98 Å².